The first-order valence-corrected chi connectivity index (χ1v) is 9.55. The van der Waals surface area contributed by atoms with Crippen LogP contribution in [0.4, 0.5) is 4.39 Å². The number of aryl methyl sites for hydroxylation is 1. The average molecular weight is 381 g/mol. The first-order valence-electron chi connectivity index (χ1n) is 9.55. The lowest BCUT2D eigenvalue weighted by atomic mass is 10.0. The largest absolute Gasteiger partial charge is 0.379 e. The fraction of sp³-hybridized carbons (Fsp3) is 0.318. The van der Waals surface area contributed by atoms with Crippen LogP contribution in [0.15, 0.2) is 48.5 Å². The number of aromatic amines is 1. The van der Waals surface area contributed by atoms with E-state index in [1.165, 1.54) is 12.1 Å². The first kappa shape index (κ1) is 18.7. The number of ether oxygens (including phenoxy) is 1. The highest BCUT2D eigenvalue weighted by Crippen LogP contribution is 2.22. The van der Waals surface area contributed by atoms with Crippen LogP contribution in [0.3, 0.4) is 0 Å². The number of hydrogen-bond donors (Lipinski definition) is 2. The molecular formula is C22H24FN3O2. The molecule has 146 valence electrons. The van der Waals surface area contributed by atoms with Gasteiger partial charge in [0.2, 0.25) is 0 Å². The molecule has 0 radical (unpaired) electrons. The maximum absolute atomic E-state index is 13.8. The molecule has 1 saturated heterocycles. The Morgan fingerprint density at radius 2 is 2.04 bits per heavy atom. The molecule has 1 unspecified atom stereocenters. The Hall–Kier alpha value is -2.70. The van der Waals surface area contributed by atoms with E-state index in [1.807, 2.05) is 37.3 Å². The van der Waals surface area contributed by atoms with Crippen LogP contribution in [-0.2, 0) is 4.74 Å². The van der Waals surface area contributed by atoms with Gasteiger partial charge in [-0.25, -0.2) is 4.39 Å². The summed E-state index contributed by atoms with van der Waals surface area (Å²) in [5.41, 5.74) is 3.47. The van der Waals surface area contributed by atoms with Crippen LogP contribution in [0.2, 0.25) is 0 Å². The molecule has 0 aliphatic carbocycles. The van der Waals surface area contributed by atoms with Crippen molar-refractivity contribution in [3.63, 3.8) is 0 Å². The van der Waals surface area contributed by atoms with E-state index < -0.39 is 0 Å². The fourth-order valence-electron chi connectivity index (χ4n) is 3.71. The number of benzene rings is 2. The second kappa shape index (κ2) is 8.12. The predicted molar refractivity (Wildman–Crippen MR) is 107 cm³/mol. The van der Waals surface area contributed by atoms with E-state index in [-0.39, 0.29) is 17.8 Å². The van der Waals surface area contributed by atoms with Crippen molar-refractivity contribution in [3.8, 4) is 0 Å². The lowest BCUT2D eigenvalue weighted by Crippen LogP contribution is -2.43. The van der Waals surface area contributed by atoms with Crippen LogP contribution in [0.1, 0.15) is 27.7 Å². The number of nitrogens with one attached hydrogen (secondary N) is 2. The molecular weight excluding hydrogens is 357 g/mol. The highest BCUT2D eigenvalue weighted by molar-refractivity contribution is 5.98. The molecule has 28 heavy (non-hydrogen) atoms. The first-order chi connectivity index (χ1) is 13.6. The number of aromatic nitrogens is 1. The van der Waals surface area contributed by atoms with Crippen molar-refractivity contribution in [2.75, 3.05) is 32.8 Å². The number of H-pyrrole nitrogens is 1. The van der Waals surface area contributed by atoms with E-state index in [0.717, 1.165) is 35.1 Å². The number of nitrogens with zero attached hydrogens (tertiary/aromatic N) is 1. The summed E-state index contributed by atoms with van der Waals surface area (Å²) in [6, 6.07) is 14.4. The topological polar surface area (TPSA) is 57.4 Å². The summed E-state index contributed by atoms with van der Waals surface area (Å²) in [5.74, 6) is -0.434. The molecule has 0 spiro atoms. The van der Waals surface area contributed by atoms with Gasteiger partial charge in [0.25, 0.3) is 5.91 Å². The number of carbonyl (C=O) groups is 1. The van der Waals surface area contributed by atoms with Gasteiger partial charge in [0.05, 0.1) is 19.3 Å². The van der Waals surface area contributed by atoms with E-state index in [2.05, 4.69) is 15.2 Å². The minimum absolute atomic E-state index is 0.102. The molecule has 1 fully saturated rings. The number of rotatable bonds is 5. The molecule has 1 atom stereocenters. The van der Waals surface area contributed by atoms with Gasteiger partial charge < -0.3 is 15.0 Å². The summed E-state index contributed by atoms with van der Waals surface area (Å²) in [6.07, 6.45) is 0. The van der Waals surface area contributed by atoms with Gasteiger partial charge in [-0.05, 0) is 42.3 Å². The Bertz CT molecular complexity index is 979. The van der Waals surface area contributed by atoms with E-state index in [0.29, 0.717) is 25.5 Å². The van der Waals surface area contributed by atoms with E-state index >= 15 is 0 Å². The number of fused-ring (bicyclic) bond motifs is 1. The lowest BCUT2D eigenvalue weighted by molar-refractivity contribution is 0.0161. The van der Waals surface area contributed by atoms with Crippen LogP contribution >= 0.6 is 0 Å². The maximum atomic E-state index is 13.8. The number of hydrogen-bond acceptors (Lipinski definition) is 3. The maximum Gasteiger partial charge on any atom is 0.267 e. The van der Waals surface area contributed by atoms with E-state index in [4.69, 9.17) is 4.74 Å². The van der Waals surface area contributed by atoms with Gasteiger partial charge in [0.15, 0.2) is 0 Å². The fourth-order valence-corrected chi connectivity index (χ4v) is 3.71. The number of morpholine rings is 1. The van der Waals surface area contributed by atoms with Crippen molar-refractivity contribution in [2.24, 2.45) is 0 Å². The molecule has 3 aromatic rings. The molecule has 1 aromatic heterocycles. The summed E-state index contributed by atoms with van der Waals surface area (Å²) >= 11 is 0. The molecule has 5 nitrogen and oxygen atoms in total. The molecule has 1 aliphatic rings. The van der Waals surface area contributed by atoms with E-state index in [9.17, 15) is 9.18 Å². The SMILES string of the molecule is Cc1ccc2cc(C(=O)NCC(c3cccc(F)c3)N3CCOCC3)[nH]c2c1. The number of halogens is 1. The van der Waals surface area contributed by atoms with Crippen molar-refractivity contribution in [1.82, 2.24) is 15.2 Å². The van der Waals surface area contributed by atoms with Gasteiger partial charge in [0.1, 0.15) is 11.5 Å². The zero-order valence-electron chi connectivity index (χ0n) is 15.9. The second-order valence-corrected chi connectivity index (χ2v) is 7.20. The summed E-state index contributed by atoms with van der Waals surface area (Å²) in [5, 5.41) is 4.02. The van der Waals surface area contributed by atoms with Crippen molar-refractivity contribution in [2.45, 2.75) is 13.0 Å². The van der Waals surface area contributed by atoms with Crippen LogP contribution in [-0.4, -0.2) is 48.6 Å². The molecule has 1 amide bonds. The van der Waals surface area contributed by atoms with Crippen molar-refractivity contribution < 1.29 is 13.9 Å². The summed E-state index contributed by atoms with van der Waals surface area (Å²) in [4.78, 5) is 18.1. The zero-order chi connectivity index (χ0) is 19.5. The van der Waals surface area contributed by atoms with Gasteiger partial charge >= 0.3 is 0 Å². The third-order valence-corrected chi connectivity index (χ3v) is 5.20. The van der Waals surface area contributed by atoms with Crippen LogP contribution in [0, 0.1) is 12.7 Å². The van der Waals surface area contributed by atoms with Crippen LogP contribution < -0.4 is 5.32 Å². The quantitative estimate of drug-likeness (QED) is 0.712. The molecule has 6 heteroatoms. The minimum atomic E-state index is -0.270. The van der Waals surface area contributed by atoms with Crippen LogP contribution in [0.25, 0.3) is 10.9 Å². The Kier molecular flexibility index (Phi) is 5.41. The highest BCUT2D eigenvalue weighted by Gasteiger charge is 2.24. The Morgan fingerprint density at radius 1 is 1.21 bits per heavy atom. The monoisotopic (exact) mass is 381 g/mol. The molecule has 0 bridgehead atoms. The number of amides is 1. The normalized spacial score (nSPS) is 16.2. The summed E-state index contributed by atoms with van der Waals surface area (Å²) in [7, 11) is 0. The van der Waals surface area contributed by atoms with Crippen molar-refractivity contribution in [3.05, 3.63) is 71.2 Å². The average Bonchev–Trinajstić information content (AvgIpc) is 3.12. The number of carbonyl (C=O) groups excluding carboxylic acids is 1. The second-order valence-electron chi connectivity index (χ2n) is 7.20. The van der Waals surface area contributed by atoms with Crippen molar-refractivity contribution in [1.29, 1.82) is 0 Å². The minimum Gasteiger partial charge on any atom is -0.379 e. The smallest absolute Gasteiger partial charge is 0.267 e. The van der Waals surface area contributed by atoms with Crippen LogP contribution in [0.5, 0.6) is 0 Å². The van der Waals surface area contributed by atoms with E-state index in [1.54, 1.807) is 6.07 Å². The van der Waals surface area contributed by atoms with Crippen molar-refractivity contribution >= 4 is 16.8 Å². The standard InChI is InChI=1S/C22H24FN3O2/c1-15-5-6-16-13-20(25-19(16)11-15)22(27)24-14-21(26-7-9-28-10-8-26)17-3-2-4-18(23)12-17/h2-6,11-13,21,25H,7-10,14H2,1H3,(H,24,27). The third-order valence-electron chi connectivity index (χ3n) is 5.20. The predicted octanol–water partition coefficient (Wildman–Crippen LogP) is 3.42. The molecule has 1 aliphatic heterocycles. The molecule has 2 heterocycles. The van der Waals surface area contributed by atoms with Gasteiger partial charge in [-0.1, -0.05) is 24.3 Å². The lowest BCUT2D eigenvalue weighted by Gasteiger charge is -2.34. The Morgan fingerprint density at radius 3 is 2.82 bits per heavy atom. The van der Waals surface area contributed by atoms with Gasteiger partial charge in [0, 0.05) is 30.5 Å². The summed E-state index contributed by atoms with van der Waals surface area (Å²) < 4.78 is 19.2. The molecule has 0 saturated carbocycles. The zero-order valence-corrected chi connectivity index (χ0v) is 15.9. The highest BCUT2D eigenvalue weighted by atomic mass is 19.1. The molecule has 4 rings (SSSR count). The molecule has 2 N–H and O–H groups in total. The van der Waals surface area contributed by atoms with Gasteiger partial charge in [-0.2, -0.15) is 0 Å². The Balaban J connectivity index is 1.51. The molecule has 2 aromatic carbocycles. The Labute approximate surface area is 163 Å². The third kappa shape index (κ3) is 4.08. The van der Waals surface area contributed by atoms with Gasteiger partial charge in [-0.3, -0.25) is 9.69 Å². The van der Waals surface area contributed by atoms with Gasteiger partial charge in [-0.15, -0.1) is 0 Å². The summed E-state index contributed by atoms with van der Waals surface area (Å²) in [6.45, 7) is 5.20.